The van der Waals surface area contributed by atoms with E-state index in [1.165, 1.54) is 0 Å². The Morgan fingerprint density at radius 2 is 2.11 bits per heavy atom. The third kappa shape index (κ3) is 3.35. The molecule has 0 saturated heterocycles. The van der Waals surface area contributed by atoms with Crippen molar-refractivity contribution in [3.63, 3.8) is 0 Å². The zero-order chi connectivity index (χ0) is 13.9. The van der Waals surface area contributed by atoms with Gasteiger partial charge in [0.25, 0.3) is 10.0 Å². The van der Waals surface area contributed by atoms with Gasteiger partial charge in [-0.05, 0) is 31.0 Å². The van der Waals surface area contributed by atoms with E-state index in [0.29, 0.717) is 5.82 Å². The van der Waals surface area contributed by atoms with Crippen LogP contribution in [0, 0.1) is 6.92 Å². The fraction of sp³-hybridized carbons (Fsp3) is 0.308. The van der Waals surface area contributed by atoms with Crippen LogP contribution in [0.2, 0.25) is 0 Å². The van der Waals surface area contributed by atoms with E-state index in [1.807, 2.05) is 19.9 Å². The molecule has 0 spiro atoms. The van der Waals surface area contributed by atoms with Crippen molar-refractivity contribution in [2.75, 3.05) is 4.72 Å². The van der Waals surface area contributed by atoms with Crippen LogP contribution in [0.3, 0.4) is 0 Å². The first-order valence-corrected chi connectivity index (χ1v) is 7.62. The molecule has 0 aliphatic heterocycles. The summed E-state index contributed by atoms with van der Waals surface area (Å²) >= 11 is 0. The van der Waals surface area contributed by atoms with Crippen LogP contribution < -0.4 is 4.72 Å². The maximum Gasteiger partial charge on any atom is 0.263 e. The van der Waals surface area contributed by atoms with Crippen LogP contribution in [0.5, 0.6) is 0 Å². The lowest BCUT2D eigenvalue weighted by molar-refractivity contribution is 0.597. The average molecular weight is 279 g/mol. The fourth-order valence-electron chi connectivity index (χ4n) is 1.75. The average Bonchev–Trinajstić information content (AvgIpc) is 2.76. The Morgan fingerprint density at radius 1 is 1.32 bits per heavy atom. The minimum absolute atomic E-state index is 0.248. The zero-order valence-electron chi connectivity index (χ0n) is 11.0. The Hall–Kier alpha value is -1.82. The summed E-state index contributed by atoms with van der Waals surface area (Å²) in [4.78, 5) is 0.248. The molecule has 1 heterocycles. The predicted octanol–water partition coefficient (Wildman–Crippen LogP) is 2.40. The highest BCUT2D eigenvalue weighted by atomic mass is 32.2. The van der Waals surface area contributed by atoms with Crippen LogP contribution in [0.4, 0.5) is 5.82 Å². The molecule has 6 heteroatoms. The summed E-state index contributed by atoms with van der Waals surface area (Å²) in [7, 11) is -3.56. The minimum atomic E-state index is -3.56. The number of aromatic nitrogens is 2. The summed E-state index contributed by atoms with van der Waals surface area (Å²) in [5.41, 5.74) is 0.902. The van der Waals surface area contributed by atoms with Crippen LogP contribution in [-0.4, -0.2) is 18.2 Å². The number of rotatable bonds is 5. The van der Waals surface area contributed by atoms with Gasteiger partial charge in [0.15, 0.2) is 5.82 Å². The molecule has 0 bridgehead atoms. The van der Waals surface area contributed by atoms with Crippen LogP contribution in [0.15, 0.2) is 41.4 Å². The van der Waals surface area contributed by atoms with Crippen LogP contribution in [0.1, 0.15) is 18.9 Å². The zero-order valence-corrected chi connectivity index (χ0v) is 11.8. The van der Waals surface area contributed by atoms with Gasteiger partial charge in [-0.1, -0.05) is 19.1 Å². The summed E-state index contributed by atoms with van der Waals surface area (Å²) < 4.78 is 28.5. The minimum Gasteiger partial charge on any atom is -0.271 e. The second kappa shape index (κ2) is 5.44. The van der Waals surface area contributed by atoms with Gasteiger partial charge in [0.05, 0.1) is 4.90 Å². The lowest BCUT2D eigenvalue weighted by Crippen LogP contribution is -2.13. The molecular formula is C13H17N3O2S. The summed E-state index contributed by atoms with van der Waals surface area (Å²) in [6.45, 7) is 4.67. The highest BCUT2D eigenvalue weighted by molar-refractivity contribution is 7.92. The Bertz CT molecular complexity index is 662. The van der Waals surface area contributed by atoms with E-state index in [1.54, 1.807) is 35.1 Å². The first kappa shape index (κ1) is 13.6. The summed E-state index contributed by atoms with van der Waals surface area (Å²) in [5.74, 6) is 0.343. The largest absolute Gasteiger partial charge is 0.271 e. The monoisotopic (exact) mass is 279 g/mol. The van der Waals surface area contributed by atoms with Crippen molar-refractivity contribution in [1.82, 2.24) is 9.78 Å². The van der Waals surface area contributed by atoms with E-state index in [-0.39, 0.29) is 4.90 Å². The van der Waals surface area contributed by atoms with Crippen molar-refractivity contribution in [1.29, 1.82) is 0 Å². The maximum atomic E-state index is 12.2. The van der Waals surface area contributed by atoms with Crippen molar-refractivity contribution < 1.29 is 8.42 Å². The second-order valence-corrected chi connectivity index (χ2v) is 6.07. The SMILES string of the molecule is CCCn1ccc(NS(=O)(=O)c2cccc(C)c2)n1. The number of nitrogens with one attached hydrogen (secondary N) is 1. The van der Waals surface area contributed by atoms with Crippen molar-refractivity contribution in [2.45, 2.75) is 31.7 Å². The first-order chi connectivity index (χ1) is 9.01. The molecule has 1 aromatic heterocycles. The number of aryl methyl sites for hydroxylation is 2. The van der Waals surface area contributed by atoms with E-state index in [9.17, 15) is 8.42 Å². The number of hydrogen-bond donors (Lipinski definition) is 1. The van der Waals surface area contributed by atoms with Gasteiger partial charge in [0, 0.05) is 18.8 Å². The molecule has 19 heavy (non-hydrogen) atoms. The fourth-order valence-corrected chi connectivity index (χ4v) is 2.85. The number of anilines is 1. The van der Waals surface area contributed by atoms with Gasteiger partial charge in [-0.3, -0.25) is 9.40 Å². The number of sulfonamides is 1. The number of nitrogens with zero attached hydrogens (tertiary/aromatic N) is 2. The van der Waals surface area contributed by atoms with E-state index in [2.05, 4.69) is 9.82 Å². The molecule has 0 saturated carbocycles. The lowest BCUT2D eigenvalue weighted by atomic mass is 10.2. The molecule has 0 fully saturated rings. The van der Waals surface area contributed by atoms with Gasteiger partial charge in [-0.25, -0.2) is 8.42 Å². The summed E-state index contributed by atoms with van der Waals surface area (Å²) in [6.07, 6.45) is 2.71. The highest BCUT2D eigenvalue weighted by Gasteiger charge is 2.15. The lowest BCUT2D eigenvalue weighted by Gasteiger charge is -2.06. The molecular weight excluding hydrogens is 262 g/mol. The molecule has 0 amide bonds. The topological polar surface area (TPSA) is 64.0 Å². The standard InChI is InChI=1S/C13H17N3O2S/c1-3-8-16-9-7-13(14-16)15-19(17,18)12-6-4-5-11(2)10-12/h4-7,9-10H,3,8H2,1-2H3,(H,14,15). The predicted molar refractivity (Wildman–Crippen MR) is 74.5 cm³/mol. The molecule has 102 valence electrons. The third-order valence-corrected chi connectivity index (χ3v) is 3.98. The molecule has 0 unspecified atom stereocenters. The molecule has 1 aromatic carbocycles. The summed E-state index contributed by atoms with van der Waals surface area (Å²) in [6, 6.07) is 8.43. The van der Waals surface area contributed by atoms with Gasteiger partial charge in [-0.2, -0.15) is 5.10 Å². The van der Waals surface area contributed by atoms with Crippen molar-refractivity contribution >= 4 is 15.8 Å². The molecule has 2 aromatic rings. The molecule has 0 atom stereocenters. The second-order valence-electron chi connectivity index (χ2n) is 4.39. The molecule has 1 N–H and O–H groups in total. The quantitative estimate of drug-likeness (QED) is 0.914. The van der Waals surface area contributed by atoms with E-state index < -0.39 is 10.0 Å². The third-order valence-electron chi connectivity index (χ3n) is 2.63. The van der Waals surface area contributed by atoms with E-state index in [0.717, 1.165) is 18.5 Å². The van der Waals surface area contributed by atoms with Gasteiger partial charge in [0.2, 0.25) is 0 Å². The first-order valence-electron chi connectivity index (χ1n) is 6.14. The van der Waals surface area contributed by atoms with Crippen molar-refractivity contribution in [3.05, 3.63) is 42.1 Å². The van der Waals surface area contributed by atoms with E-state index in [4.69, 9.17) is 0 Å². The van der Waals surface area contributed by atoms with Crippen LogP contribution >= 0.6 is 0 Å². The molecule has 0 aliphatic carbocycles. The smallest absolute Gasteiger partial charge is 0.263 e. The highest BCUT2D eigenvalue weighted by Crippen LogP contribution is 2.15. The molecule has 0 aliphatic rings. The Balaban J connectivity index is 2.21. The van der Waals surface area contributed by atoms with Gasteiger partial charge < -0.3 is 0 Å². The summed E-state index contributed by atoms with van der Waals surface area (Å²) in [5, 5.41) is 4.16. The Morgan fingerprint density at radius 3 is 2.79 bits per heavy atom. The van der Waals surface area contributed by atoms with Gasteiger partial charge in [0.1, 0.15) is 0 Å². The number of benzene rings is 1. The molecule has 2 rings (SSSR count). The van der Waals surface area contributed by atoms with Crippen LogP contribution in [0.25, 0.3) is 0 Å². The molecule has 5 nitrogen and oxygen atoms in total. The van der Waals surface area contributed by atoms with Crippen LogP contribution in [-0.2, 0) is 16.6 Å². The Kier molecular flexibility index (Phi) is 3.90. The number of hydrogen-bond acceptors (Lipinski definition) is 3. The van der Waals surface area contributed by atoms with Crippen molar-refractivity contribution in [3.8, 4) is 0 Å². The molecule has 0 radical (unpaired) electrons. The Labute approximate surface area is 113 Å². The van der Waals surface area contributed by atoms with Crippen molar-refractivity contribution in [2.24, 2.45) is 0 Å². The normalized spacial score (nSPS) is 11.5. The maximum absolute atomic E-state index is 12.2. The van der Waals surface area contributed by atoms with E-state index >= 15 is 0 Å². The van der Waals surface area contributed by atoms with Gasteiger partial charge >= 0.3 is 0 Å². The van der Waals surface area contributed by atoms with Gasteiger partial charge in [-0.15, -0.1) is 0 Å².